The van der Waals surface area contributed by atoms with Crippen molar-refractivity contribution in [2.75, 3.05) is 18.5 Å². The number of fused-ring (bicyclic) bond motifs is 2. The van der Waals surface area contributed by atoms with Gasteiger partial charge >= 0.3 is 5.76 Å². The van der Waals surface area contributed by atoms with E-state index in [2.05, 4.69) is 5.32 Å². The van der Waals surface area contributed by atoms with E-state index in [1.165, 1.54) is 4.57 Å². The molecule has 0 bridgehead atoms. The second kappa shape index (κ2) is 7.37. The molecule has 2 aliphatic rings. The third kappa shape index (κ3) is 3.56. The first-order valence-electron chi connectivity index (χ1n) is 10.0. The molecule has 2 aromatic carbocycles. The molecule has 8 nitrogen and oxygen atoms in total. The van der Waals surface area contributed by atoms with E-state index in [1.807, 2.05) is 18.2 Å². The third-order valence-electron chi connectivity index (χ3n) is 5.48. The third-order valence-corrected chi connectivity index (χ3v) is 5.48. The molecule has 0 spiro atoms. The lowest BCUT2D eigenvalue weighted by Crippen LogP contribution is -2.36. The summed E-state index contributed by atoms with van der Waals surface area (Å²) in [7, 11) is 0. The molecule has 0 saturated heterocycles. The molecule has 0 radical (unpaired) electrons. The lowest BCUT2D eigenvalue weighted by Gasteiger charge is -2.20. The number of benzene rings is 2. The first-order chi connectivity index (χ1) is 14.6. The van der Waals surface area contributed by atoms with Gasteiger partial charge in [0, 0.05) is 23.7 Å². The fourth-order valence-corrected chi connectivity index (χ4v) is 3.67. The maximum atomic E-state index is 13.0. The zero-order valence-electron chi connectivity index (χ0n) is 16.3. The molecule has 2 heterocycles. The number of para-hydroxylation sites is 2. The van der Waals surface area contributed by atoms with Crippen LogP contribution in [0.3, 0.4) is 0 Å². The van der Waals surface area contributed by atoms with Crippen molar-refractivity contribution in [2.45, 2.75) is 25.9 Å². The molecule has 1 saturated carbocycles. The Bertz CT molecular complexity index is 1190. The van der Waals surface area contributed by atoms with Crippen LogP contribution >= 0.6 is 0 Å². The van der Waals surface area contributed by atoms with Crippen LogP contribution in [0.5, 0.6) is 5.75 Å². The highest BCUT2D eigenvalue weighted by Gasteiger charge is 2.30. The summed E-state index contributed by atoms with van der Waals surface area (Å²) in [5, 5.41) is 2.93. The molecule has 5 rings (SSSR count). The standard InChI is InChI=1S/C22H21N3O5/c26-20(13-25-17-3-1-2-4-19(17)30-22(25)28)24-9-10-29-18-8-7-16(11-15(18)12-24)23-21(27)14-5-6-14/h1-4,7-8,11,14H,5-6,9-10,12-13H2,(H,23,27). The number of carbonyl (C=O) groups is 2. The quantitative estimate of drug-likeness (QED) is 0.717. The lowest BCUT2D eigenvalue weighted by atomic mass is 10.1. The van der Waals surface area contributed by atoms with Gasteiger partial charge in [0.05, 0.1) is 12.1 Å². The van der Waals surface area contributed by atoms with E-state index in [9.17, 15) is 14.4 Å². The van der Waals surface area contributed by atoms with Crippen LogP contribution in [0, 0.1) is 5.92 Å². The monoisotopic (exact) mass is 407 g/mol. The predicted molar refractivity (Wildman–Crippen MR) is 109 cm³/mol. The number of hydrogen-bond acceptors (Lipinski definition) is 5. The number of oxazole rings is 1. The Kier molecular flexibility index (Phi) is 4.54. The van der Waals surface area contributed by atoms with Gasteiger partial charge in [0.15, 0.2) is 5.58 Å². The molecule has 1 aliphatic heterocycles. The number of hydrogen-bond donors (Lipinski definition) is 1. The van der Waals surface area contributed by atoms with Crippen molar-refractivity contribution in [3.05, 3.63) is 58.6 Å². The average Bonchev–Trinajstić information content (AvgIpc) is 3.55. The van der Waals surface area contributed by atoms with Crippen LogP contribution in [0.2, 0.25) is 0 Å². The fraction of sp³-hybridized carbons (Fsp3) is 0.318. The predicted octanol–water partition coefficient (Wildman–Crippen LogP) is 2.36. The van der Waals surface area contributed by atoms with Crippen LogP contribution in [0.15, 0.2) is 51.7 Å². The number of ether oxygens (including phenoxy) is 1. The minimum Gasteiger partial charge on any atom is -0.491 e. The summed E-state index contributed by atoms with van der Waals surface area (Å²) in [6.45, 7) is 0.991. The van der Waals surface area contributed by atoms with Crippen LogP contribution in [0.4, 0.5) is 5.69 Å². The summed E-state index contributed by atoms with van der Waals surface area (Å²) >= 11 is 0. The van der Waals surface area contributed by atoms with Crippen molar-refractivity contribution in [1.29, 1.82) is 0 Å². The van der Waals surface area contributed by atoms with Gasteiger partial charge in [-0.05, 0) is 43.2 Å². The average molecular weight is 407 g/mol. The zero-order valence-corrected chi connectivity index (χ0v) is 16.3. The van der Waals surface area contributed by atoms with Gasteiger partial charge in [-0.2, -0.15) is 0 Å². The minimum atomic E-state index is -0.555. The van der Waals surface area contributed by atoms with E-state index in [0.29, 0.717) is 42.2 Å². The van der Waals surface area contributed by atoms with Crippen LogP contribution in [-0.2, 0) is 22.7 Å². The van der Waals surface area contributed by atoms with Crippen LogP contribution in [0.1, 0.15) is 18.4 Å². The Morgan fingerprint density at radius 3 is 2.80 bits per heavy atom. The van der Waals surface area contributed by atoms with Crippen molar-refractivity contribution in [1.82, 2.24) is 9.47 Å². The van der Waals surface area contributed by atoms with E-state index in [0.717, 1.165) is 18.4 Å². The van der Waals surface area contributed by atoms with E-state index in [-0.39, 0.29) is 24.3 Å². The number of nitrogens with zero attached hydrogens (tertiary/aromatic N) is 2. The molecule has 3 aromatic rings. The van der Waals surface area contributed by atoms with Gasteiger partial charge in [0.2, 0.25) is 11.8 Å². The molecule has 8 heteroatoms. The van der Waals surface area contributed by atoms with Crippen LogP contribution in [-0.4, -0.2) is 34.4 Å². The fourth-order valence-electron chi connectivity index (χ4n) is 3.67. The van der Waals surface area contributed by atoms with Crippen molar-refractivity contribution < 1.29 is 18.7 Å². The number of carbonyl (C=O) groups excluding carboxylic acids is 2. The summed E-state index contributed by atoms with van der Waals surface area (Å²) in [4.78, 5) is 38.9. The van der Waals surface area contributed by atoms with E-state index in [4.69, 9.17) is 9.15 Å². The molecule has 0 atom stereocenters. The smallest absolute Gasteiger partial charge is 0.420 e. The molecule has 1 aromatic heterocycles. The molecule has 30 heavy (non-hydrogen) atoms. The summed E-state index contributed by atoms with van der Waals surface area (Å²) in [5.74, 6) is 0.0825. The number of aromatic nitrogens is 1. The van der Waals surface area contributed by atoms with Crippen LogP contribution in [0.25, 0.3) is 11.1 Å². The Morgan fingerprint density at radius 1 is 1.13 bits per heavy atom. The van der Waals surface area contributed by atoms with Gasteiger partial charge in [0.1, 0.15) is 18.9 Å². The lowest BCUT2D eigenvalue weighted by molar-refractivity contribution is -0.132. The summed E-state index contributed by atoms with van der Waals surface area (Å²) in [5.41, 5.74) is 2.56. The first kappa shape index (κ1) is 18.5. The number of nitrogens with one attached hydrogen (secondary N) is 1. The SMILES string of the molecule is O=C(Nc1ccc2c(c1)CN(C(=O)Cn1c(=O)oc3ccccc31)CCO2)C1CC1. The summed E-state index contributed by atoms with van der Waals surface area (Å²) < 4.78 is 12.3. The first-order valence-corrected chi connectivity index (χ1v) is 10.0. The van der Waals surface area contributed by atoms with Gasteiger partial charge in [0.25, 0.3) is 0 Å². The normalized spacial score (nSPS) is 15.9. The van der Waals surface area contributed by atoms with E-state index in [1.54, 1.807) is 29.2 Å². The van der Waals surface area contributed by atoms with Crippen molar-refractivity contribution in [3.8, 4) is 5.75 Å². The molecule has 154 valence electrons. The number of anilines is 1. The Hall–Kier alpha value is -3.55. The molecule has 2 amide bonds. The van der Waals surface area contributed by atoms with E-state index >= 15 is 0 Å². The highest BCUT2D eigenvalue weighted by Crippen LogP contribution is 2.31. The summed E-state index contributed by atoms with van der Waals surface area (Å²) in [6, 6.07) is 12.5. The number of amides is 2. The van der Waals surface area contributed by atoms with Crippen molar-refractivity contribution in [3.63, 3.8) is 0 Å². The molecule has 0 unspecified atom stereocenters. The zero-order chi connectivity index (χ0) is 20.7. The highest BCUT2D eigenvalue weighted by molar-refractivity contribution is 5.94. The van der Waals surface area contributed by atoms with Gasteiger partial charge in [-0.3, -0.25) is 14.2 Å². The van der Waals surface area contributed by atoms with Gasteiger partial charge in [-0.25, -0.2) is 4.79 Å². The largest absolute Gasteiger partial charge is 0.491 e. The summed E-state index contributed by atoms with van der Waals surface area (Å²) in [6.07, 6.45) is 1.87. The van der Waals surface area contributed by atoms with Gasteiger partial charge in [-0.1, -0.05) is 12.1 Å². The van der Waals surface area contributed by atoms with Crippen molar-refractivity contribution >= 4 is 28.6 Å². The van der Waals surface area contributed by atoms with E-state index < -0.39 is 5.76 Å². The number of rotatable bonds is 4. The van der Waals surface area contributed by atoms with Crippen LogP contribution < -0.4 is 15.8 Å². The highest BCUT2D eigenvalue weighted by atomic mass is 16.5. The molecule has 1 aliphatic carbocycles. The van der Waals surface area contributed by atoms with Crippen molar-refractivity contribution in [2.24, 2.45) is 5.92 Å². The molecular weight excluding hydrogens is 386 g/mol. The Balaban J connectivity index is 1.35. The molecule has 1 N–H and O–H groups in total. The minimum absolute atomic E-state index is 0.0311. The Labute approximate surface area is 172 Å². The second-order valence-electron chi connectivity index (χ2n) is 7.67. The van der Waals surface area contributed by atoms with Gasteiger partial charge < -0.3 is 19.4 Å². The maximum absolute atomic E-state index is 13.0. The van der Waals surface area contributed by atoms with Gasteiger partial charge in [-0.15, -0.1) is 0 Å². The molecular formula is C22H21N3O5. The molecule has 1 fully saturated rings. The topological polar surface area (TPSA) is 93.8 Å². The Morgan fingerprint density at radius 2 is 1.97 bits per heavy atom. The maximum Gasteiger partial charge on any atom is 0.420 e. The second-order valence-corrected chi connectivity index (χ2v) is 7.67.